The lowest BCUT2D eigenvalue weighted by Crippen LogP contribution is -2.39. The molecule has 3 aromatic rings. The third-order valence-electron chi connectivity index (χ3n) is 5.51. The lowest BCUT2D eigenvalue weighted by Gasteiger charge is -2.31. The van der Waals surface area contributed by atoms with Crippen LogP contribution in [0.25, 0.3) is 10.8 Å². The van der Waals surface area contributed by atoms with E-state index < -0.39 is 15.6 Å². The van der Waals surface area contributed by atoms with E-state index in [0.29, 0.717) is 30.6 Å². The summed E-state index contributed by atoms with van der Waals surface area (Å²) >= 11 is 0. The van der Waals surface area contributed by atoms with E-state index in [1.807, 2.05) is 70.2 Å². The fourth-order valence-corrected chi connectivity index (χ4v) is 5.23. The summed E-state index contributed by atoms with van der Waals surface area (Å²) < 4.78 is 34.6. The Kier molecular flexibility index (Phi) is 5.63. The van der Waals surface area contributed by atoms with Crippen LogP contribution in [0, 0.1) is 6.92 Å². The highest BCUT2D eigenvalue weighted by molar-refractivity contribution is 7.93. The number of hydrogen-bond acceptors (Lipinski definition) is 4. The van der Waals surface area contributed by atoms with E-state index in [1.165, 1.54) is 0 Å². The average Bonchev–Trinajstić information content (AvgIpc) is 2.72. The van der Waals surface area contributed by atoms with Crippen LogP contribution in [0.3, 0.4) is 0 Å². The molecule has 1 heterocycles. The number of fused-ring (bicyclic) bond motifs is 2. The van der Waals surface area contributed by atoms with E-state index in [2.05, 4.69) is 4.72 Å². The predicted molar refractivity (Wildman–Crippen MR) is 126 cm³/mol. The van der Waals surface area contributed by atoms with Gasteiger partial charge in [-0.15, -0.1) is 0 Å². The number of carbonyl (C=O) groups excluding carboxylic acids is 1. The molecule has 6 nitrogen and oxygen atoms in total. The van der Waals surface area contributed by atoms with Crippen LogP contribution in [-0.2, 0) is 27.7 Å². The molecule has 168 valence electrons. The normalized spacial score (nSPS) is 14.2. The average molecular weight is 453 g/mol. The Labute approximate surface area is 189 Å². The Balaban J connectivity index is 1.56. The van der Waals surface area contributed by atoms with Gasteiger partial charge >= 0.3 is 6.09 Å². The largest absolute Gasteiger partial charge is 0.444 e. The van der Waals surface area contributed by atoms with Crippen molar-refractivity contribution in [2.24, 2.45) is 0 Å². The molecule has 0 bridgehead atoms. The number of nitrogens with zero attached hydrogens (tertiary/aromatic N) is 1. The zero-order valence-electron chi connectivity index (χ0n) is 18.8. The standard InChI is InChI=1S/C25H28N2O4S/c1-17-9-12-23(22-8-6-5-7-21(17)22)32(29,30)26-20-11-10-19-16-27(14-13-18(19)15-20)24(28)31-25(2,3)4/h5-12,15,26H,13-14,16H2,1-4H3. The highest BCUT2D eigenvalue weighted by Crippen LogP contribution is 2.29. The first-order valence-electron chi connectivity index (χ1n) is 10.6. The summed E-state index contributed by atoms with van der Waals surface area (Å²) in [4.78, 5) is 14.3. The Morgan fingerprint density at radius 1 is 1.00 bits per heavy atom. The first-order valence-corrected chi connectivity index (χ1v) is 12.1. The van der Waals surface area contributed by atoms with Crippen LogP contribution in [0.1, 0.15) is 37.5 Å². The molecule has 0 saturated carbocycles. The SMILES string of the molecule is Cc1ccc(S(=O)(=O)Nc2ccc3c(c2)CCN(C(=O)OC(C)(C)C)C3)c2ccccc12. The minimum Gasteiger partial charge on any atom is -0.444 e. The van der Waals surface area contributed by atoms with Crippen LogP contribution >= 0.6 is 0 Å². The van der Waals surface area contributed by atoms with Crippen LogP contribution in [0.5, 0.6) is 0 Å². The molecule has 1 aliphatic heterocycles. The molecule has 32 heavy (non-hydrogen) atoms. The molecule has 4 rings (SSSR count). The quantitative estimate of drug-likeness (QED) is 0.589. The predicted octanol–water partition coefficient (Wildman–Crippen LogP) is 5.24. The number of hydrogen-bond donors (Lipinski definition) is 1. The topological polar surface area (TPSA) is 75.7 Å². The van der Waals surface area contributed by atoms with Crippen LogP contribution in [0.2, 0.25) is 0 Å². The molecule has 0 fully saturated rings. The van der Waals surface area contributed by atoms with Crippen molar-refractivity contribution in [2.75, 3.05) is 11.3 Å². The lowest BCUT2D eigenvalue weighted by molar-refractivity contribution is 0.0224. The molecule has 1 aliphatic rings. The van der Waals surface area contributed by atoms with E-state index >= 15 is 0 Å². The minimum absolute atomic E-state index is 0.257. The molecule has 1 amide bonds. The summed E-state index contributed by atoms with van der Waals surface area (Å²) in [6, 6.07) is 16.5. The van der Waals surface area contributed by atoms with E-state index in [-0.39, 0.29) is 11.0 Å². The van der Waals surface area contributed by atoms with Gasteiger partial charge in [-0.2, -0.15) is 0 Å². The van der Waals surface area contributed by atoms with Gasteiger partial charge < -0.3 is 9.64 Å². The van der Waals surface area contributed by atoms with Gasteiger partial charge in [0.05, 0.1) is 4.90 Å². The van der Waals surface area contributed by atoms with Gasteiger partial charge in [-0.05, 0) is 74.4 Å². The van der Waals surface area contributed by atoms with Crippen molar-refractivity contribution in [1.29, 1.82) is 0 Å². The molecule has 1 N–H and O–H groups in total. The summed E-state index contributed by atoms with van der Waals surface area (Å²) in [6.07, 6.45) is 0.302. The number of aryl methyl sites for hydroxylation is 1. The van der Waals surface area contributed by atoms with E-state index in [0.717, 1.165) is 22.1 Å². The second-order valence-electron chi connectivity index (χ2n) is 9.17. The molecule has 0 aliphatic carbocycles. The lowest BCUT2D eigenvalue weighted by atomic mass is 9.99. The van der Waals surface area contributed by atoms with Crippen LogP contribution in [0.15, 0.2) is 59.5 Å². The van der Waals surface area contributed by atoms with Crippen LogP contribution < -0.4 is 4.72 Å². The maximum atomic E-state index is 13.2. The van der Waals surface area contributed by atoms with Crippen molar-refractivity contribution in [2.45, 2.75) is 51.2 Å². The number of ether oxygens (including phenoxy) is 1. The van der Waals surface area contributed by atoms with Gasteiger partial charge in [-0.25, -0.2) is 13.2 Å². The Morgan fingerprint density at radius 2 is 1.72 bits per heavy atom. The number of nitrogens with one attached hydrogen (secondary N) is 1. The van der Waals surface area contributed by atoms with Crippen molar-refractivity contribution in [1.82, 2.24) is 4.90 Å². The third-order valence-corrected chi connectivity index (χ3v) is 6.95. The zero-order chi connectivity index (χ0) is 23.1. The van der Waals surface area contributed by atoms with E-state index in [9.17, 15) is 13.2 Å². The highest BCUT2D eigenvalue weighted by Gasteiger charge is 2.26. The monoisotopic (exact) mass is 452 g/mol. The Morgan fingerprint density at radius 3 is 2.44 bits per heavy atom. The first-order chi connectivity index (χ1) is 15.0. The van der Waals surface area contributed by atoms with Gasteiger partial charge in [0.2, 0.25) is 0 Å². The molecular weight excluding hydrogens is 424 g/mol. The Bertz CT molecular complexity index is 1290. The summed E-state index contributed by atoms with van der Waals surface area (Å²) in [6.45, 7) is 8.48. The molecule has 0 saturated heterocycles. The van der Waals surface area contributed by atoms with Crippen molar-refractivity contribution in [3.63, 3.8) is 0 Å². The van der Waals surface area contributed by atoms with Crippen LogP contribution in [-0.4, -0.2) is 31.6 Å². The Hall–Kier alpha value is -3.06. The first kappa shape index (κ1) is 22.1. The molecular formula is C25H28N2O4S. The van der Waals surface area contributed by atoms with Gasteiger partial charge in [0.1, 0.15) is 5.60 Å². The number of carbonyl (C=O) groups is 1. The molecule has 3 aromatic carbocycles. The maximum absolute atomic E-state index is 13.2. The van der Waals surface area contributed by atoms with Gasteiger partial charge in [0.25, 0.3) is 10.0 Å². The summed E-state index contributed by atoms with van der Waals surface area (Å²) in [5.41, 5.74) is 3.02. The molecule has 0 radical (unpaired) electrons. The summed E-state index contributed by atoms with van der Waals surface area (Å²) in [7, 11) is -3.76. The number of amides is 1. The molecule has 0 aromatic heterocycles. The third kappa shape index (κ3) is 4.58. The van der Waals surface area contributed by atoms with E-state index in [4.69, 9.17) is 4.74 Å². The summed E-state index contributed by atoms with van der Waals surface area (Å²) in [5, 5.41) is 1.62. The molecule has 0 atom stereocenters. The highest BCUT2D eigenvalue weighted by atomic mass is 32.2. The minimum atomic E-state index is -3.76. The second kappa shape index (κ2) is 8.13. The fraction of sp³-hybridized carbons (Fsp3) is 0.320. The van der Waals surface area contributed by atoms with Crippen LogP contribution in [0.4, 0.5) is 10.5 Å². The fourth-order valence-electron chi connectivity index (χ4n) is 3.97. The van der Waals surface area contributed by atoms with Crippen molar-refractivity contribution < 1.29 is 17.9 Å². The molecule has 0 spiro atoms. The van der Waals surface area contributed by atoms with E-state index in [1.54, 1.807) is 17.0 Å². The van der Waals surface area contributed by atoms with Crippen molar-refractivity contribution in [3.8, 4) is 0 Å². The van der Waals surface area contributed by atoms with Gasteiger partial charge in [0, 0.05) is 24.2 Å². The smallest absolute Gasteiger partial charge is 0.410 e. The number of anilines is 1. The van der Waals surface area contributed by atoms with Crippen molar-refractivity contribution >= 4 is 32.6 Å². The number of rotatable bonds is 3. The zero-order valence-corrected chi connectivity index (χ0v) is 19.6. The number of sulfonamides is 1. The van der Waals surface area contributed by atoms with Crippen molar-refractivity contribution in [3.05, 3.63) is 71.3 Å². The molecule has 7 heteroatoms. The maximum Gasteiger partial charge on any atom is 0.410 e. The van der Waals surface area contributed by atoms with Gasteiger partial charge in [-0.1, -0.05) is 36.4 Å². The molecule has 0 unspecified atom stereocenters. The van der Waals surface area contributed by atoms with Gasteiger partial charge in [-0.3, -0.25) is 4.72 Å². The summed E-state index contributed by atoms with van der Waals surface area (Å²) in [5.74, 6) is 0. The van der Waals surface area contributed by atoms with Gasteiger partial charge in [0.15, 0.2) is 0 Å². The second-order valence-corrected chi connectivity index (χ2v) is 10.8. The number of benzene rings is 3.